The summed E-state index contributed by atoms with van der Waals surface area (Å²) in [6, 6.07) is 4.47. The molecule has 1 rings (SSSR count). The Kier molecular flexibility index (Phi) is 4.91. The fourth-order valence-corrected chi connectivity index (χ4v) is 2.29. The number of hydrogen-bond acceptors (Lipinski definition) is 2. The summed E-state index contributed by atoms with van der Waals surface area (Å²) in [6.45, 7) is 18.1. The van der Waals surface area contributed by atoms with Crippen LogP contribution >= 0.6 is 0 Å². The largest absolute Gasteiger partial charge is 0.493 e. The number of benzene rings is 1. The van der Waals surface area contributed by atoms with Gasteiger partial charge in [-0.05, 0) is 36.3 Å². The first kappa shape index (κ1) is 17.0. The van der Waals surface area contributed by atoms with Gasteiger partial charge in [-0.25, -0.2) is 0 Å². The fraction of sp³-hybridized carbons (Fsp3) is 0.667. The molecule has 2 heteroatoms. The van der Waals surface area contributed by atoms with Gasteiger partial charge in [0.05, 0.1) is 6.61 Å². The van der Waals surface area contributed by atoms with E-state index in [-0.39, 0.29) is 16.9 Å². The molecule has 0 radical (unpaired) electrons. The second kappa shape index (κ2) is 5.77. The quantitative estimate of drug-likeness (QED) is 0.869. The van der Waals surface area contributed by atoms with Crippen molar-refractivity contribution in [3.63, 3.8) is 0 Å². The molecule has 20 heavy (non-hydrogen) atoms. The molecule has 1 atom stereocenters. The minimum absolute atomic E-state index is 0.0278. The van der Waals surface area contributed by atoms with Crippen molar-refractivity contribution in [3.05, 3.63) is 28.8 Å². The summed E-state index contributed by atoms with van der Waals surface area (Å²) in [5.41, 5.74) is 10.0. The first-order chi connectivity index (χ1) is 8.98. The van der Waals surface area contributed by atoms with Gasteiger partial charge in [0.25, 0.3) is 0 Å². The summed E-state index contributed by atoms with van der Waals surface area (Å²) >= 11 is 0. The third-order valence-electron chi connectivity index (χ3n) is 3.57. The molecule has 114 valence electrons. The van der Waals surface area contributed by atoms with Crippen LogP contribution in [0.25, 0.3) is 0 Å². The Labute approximate surface area is 124 Å². The van der Waals surface area contributed by atoms with Crippen molar-refractivity contribution < 1.29 is 4.74 Å². The number of nitrogens with two attached hydrogens (primary N) is 1. The lowest BCUT2D eigenvalue weighted by molar-refractivity contribution is 0.324. The van der Waals surface area contributed by atoms with E-state index in [9.17, 15) is 0 Å². The summed E-state index contributed by atoms with van der Waals surface area (Å²) in [4.78, 5) is 0. The summed E-state index contributed by atoms with van der Waals surface area (Å²) in [7, 11) is 0. The van der Waals surface area contributed by atoms with Gasteiger partial charge in [0.1, 0.15) is 5.75 Å². The molecule has 2 nitrogen and oxygen atoms in total. The second-order valence-corrected chi connectivity index (χ2v) is 7.66. The maximum atomic E-state index is 6.19. The van der Waals surface area contributed by atoms with E-state index in [0.29, 0.717) is 6.61 Å². The second-order valence-electron chi connectivity index (χ2n) is 7.66. The van der Waals surface area contributed by atoms with E-state index < -0.39 is 0 Å². The molecule has 0 saturated carbocycles. The zero-order valence-electron chi connectivity index (χ0n) is 14.4. The Bertz CT molecular complexity index is 462. The van der Waals surface area contributed by atoms with Gasteiger partial charge >= 0.3 is 0 Å². The molecule has 2 N–H and O–H groups in total. The number of rotatable bonds is 3. The van der Waals surface area contributed by atoms with Crippen molar-refractivity contribution in [3.8, 4) is 5.75 Å². The first-order valence-electron chi connectivity index (χ1n) is 7.55. The Morgan fingerprint density at radius 3 is 1.95 bits per heavy atom. The molecule has 1 unspecified atom stereocenters. The Balaban J connectivity index is 3.64. The Morgan fingerprint density at radius 2 is 1.60 bits per heavy atom. The van der Waals surface area contributed by atoms with E-state index in [1.54, 1.807) is 0 Å². The molecule has 1 aromatic carbocycles. The summed E-state index contributed by atoms with van der Waals surface area (Å²) in [5, 5.41) is 0. The molecule has 0 aromatic heterocycles. The van der Waals surface area contributed by atoms with Crippen LogP contribution in [0.1, 0.15) is 78.1 Å². The summed E-state index contributed by atoms with van der Waals surface area (Å²) < 4.78 is 5.94. The minimum atomic E-state index is -0.0278. The highest BCUT2D eigenvalue weighted by molar-refractivity contribution is 5.50. The van der Waals surface area contributed by atoms with Crippen molar-refractivity contribution >= 4 is 0 Å². The Hall–Kier alpha value is -1.02. The molecule has 0 heterocycles. The maximum absolute atomic E-state index is 6.19. The maximum Gasteiger partial charge on any atom is 0.127 e. The van der Waals surface area contributed by atoms with Crippen molar-refractivity contribution in [2.75, 3.05) is 6.61 Å². The Morgan fingerprint density at radius 1 is 1.05 bits per heavy atom. The van der Waals surface area contributed by atoms with Gasteiger partial charge in [0.15, 0.2) is 0 Å². The van der Waals surface area contributed by atoms with Crippen LogP contribution in [0.2, 0.25) is 0 Å². The molecule has 0 spiro atoms. The van der Waals surface area contributed by atoms with Crippen LogP contribution in [0.4, 0.5) is 0 Å². The lowest BCUT2D eigenvalue weighted by atomic mass is 9.78. The number of hydrogen-bond donors (Lipinski definition) is 1. The molecule has 0 amide bonds. The lowest BCUT2D eigenvalue weighted by Gasteiger charge is -2.30. The van der Waals surface area contributed by atoms with E-state index in [4.69, 9.17) is 10.5 Å². The van der Waals surface area contributed by atoms with Crippen LogP contribution in [-0.2, 0) is 10.8 Å². The molecule has 0 fully saturated rings. The molecule has 1 aromatic rings. The highest BCUT2D eigenvalue weighted by Gasteiger charge is 2.26. The third-order valence-corrected chi connectivity index (χ3v) is 3.57. The predicted molar refractivity (Wildman–Crippen MR) is 87.6 cm³/mol. The van der Waals surface area contributed by atoms with Crippen molar-refractivity contribution in [2.24, 2.45) is 5.73 Å². The monoisotopic (exact) mass is 277 g/mol. The normalized spacial score (nSPS) is 14.2. The van der Waals surface area contributed by atoms with Crippen LogP contribution < -0.4 is 10.5 Å². The van der Waals surface area contributed by atoms with Crippen LogP contribution in [0, 0.1) is 0 Å². The topological polar surface area (TPSA) is 35.2 Å². The van der Waals surface area contributed by atoms with E-state index in [1.165, 1.54) is 11.1 Å². The fourth-order valence-electron chi connectivity index (χ4n) is 2.29. The zero-order valence-corrected chi connectivity index (χ0v) is 14.4. The predicted octanol–water partition coefficient (Wildman–Crippen LogP) is 4.70. The van der Waals surface area contributed by atoms with Gasteiger partial charge in [0.2, 0.25) is 0 Å². The van der Waals surface area contributed by atoms with Crippen LogP contribution in [0.3, 0.4) is 0 Å². The smallest absolute Gasteiger partial charge is 0.127 e. The van der Waals surface area contributed by atoms with Crippen molar-refractivity contribution in [1.29, 1.82) is 0 Å². The molecule has 0 aliphatic heterocycles. The first-order valence-corrected chi connectivity index (χ1v) is 7.55. The van der Waals surface area contributed by atoms with Gasteiger partial charge < -0.3 is 10.5 Å². The highest BCUT2D eigenvalue weighted by Crippen LogP contribution is 2.40. The van der Waals surface area contributed by atoms with Gasteiger partial charge in [-0.2, -0.15) is 0 Å². The molecule has 0 aliphatic rings. The van der Waals surface area contributed by atoms with Gasteiger partial charge in [0, 0.05) is 17.2 Å². The van der Waals surface area contributed by atoms with Gasteiger partial charge in [-0.1, -0.05) is 47.6 Å². The summed E-state index contributed by atoms with van der Waals surface area (Å²) in [6.07, 6.45) is 0. The van der Waals surface area contributed by atoms with Crippen LogP contribution in [0.5, 0.6) is 5.75 Å². The van der Waals surface area contributed by atoms with E-state index in [1.807, 2.05) is 13.8 Å². The van der Waals surface area contributed by atoms with Gasteiger partial charge in [-0.15, -0.1) is 0 Å². The standard InChI is InChI=1S/C18H31NO/c1-9-20-16-14(12(2)19)10-13(17(3,4)5)11-15(16)18(6,7)8/h10-12H,9,19H2,1-8H3. The van der Waals surface area contributed by atoms with Crippen molar-refractivity contribution in [2.45, 2.75) is 72.3 Å². The zero-order chi connectivity index (χ0) is 15.7. The minimum Gasteiger partial charge on any atom is -0.493 e. The SMILES string of the molecule is CCOc1c(C(C)N)cc(C(C)(C)C)cc1C(C)(C)C. The van der Waals surface area contributed by atoms with Gasteiger partial charge in [-0.3, -0.25) is 0 Å². The van der Waals surface area contributed by atoms with Crippen molar-refractivity contribution in [1.82, 2.24) is 0 Å². The lowest BCUT2D eigenvalue weighted by Crippen LogP contribution is -2.21. The van der Waals surface area contributed by atoms with Crippen LogP contribution in [-0.4, -0.2) is 6.61 Å². The molecular formula is C18H31NO. The average molecular weight is 277 g/mol. The molecule has 0 aliphatic carbocycles. The molecule has 0 saturated heterocycles. The number of ether oxygens (including phenoxy) is 1. The summed E-state index contributed by atoms with van der Waals surface area (Å²) in [5.74, 6) is 0.975. The highest BCUT2D eigenvalue weighted by atomic mass is 16.5. The average Bonchev–Trinajstić information content (AvgIpc) is 2.26. The molecule has 0 bridgehead atoms. The third kappa shape index (κ3) is 3.76. The van der Waals surface area contributed by atoms with Crippen LogP contribution in [0.15, 0.2) is 12.1 Å². The van der Waals surface area contributed by atoms with E-state index in [0.717, 1.165) is 11.3 Å². The van der Waals surface area contributed by atoms with E-state index >= 15 is 0 Å². The molecular weight excluding hydrogens is 246 g/mol. The van der Waals surface area contributed by atoms with E-state index in [2.05, 4.69) is 53.7 Å².